The van der Waals surface area contributed by atoms with Gasteiger partial charge in [-0.15, -0.1) is 0 Å². The van der Waals surface area contributed by atoms with Gasteiger partial charge in [-0.1, -0.05) is 18.2 Å². The van der Waals surface area contributed by atoms with Gasteiger partial charge in [-0.05, 0) is 32.0 Å². The zero-order chi connectivity index (χ0) is 12.4. The van der Waals surface area contributed by atoms with E-state index in [4.69, 9.17) is 5.73 Å². The summed E-state index contributed by atoms with van der Waals surface area (Å²) in [5.41, 5.74) is 6.44. The molecule has 0 spiro atoms. The van der Waals surface area contributed by atoms with Gasteiger partial charge in [0.05, 0.1) is 6.61 Å². The van der Waals surface area contributed by atoms with E-state index in [0.717, 1.165) is 6.42 Å². The van der Waals surface area contributed by atoms with Crippen molar-refractivity contribution in [3.8, 4) is 0 Å². The topological polar surface area (TPSA) is 49.5 Å². The van der Waals surface area contributed by atoms with Crippen LogP contribution in [0.15, 0.2) is 24.3 Å². The molecule has 0 amide bonds. The summed E-state index contributed by atoms with van der Waals surface area (Å²) in [6.45, 7) is 0.609. The third-order valence-electron chi connectivity index (χ3n) is 3.77. The minimum absolute atomic E-state index is 0.0293. The van der Waals surface area contributed by atoms with E-state index in [1.54, 1.807) is 12.1 Å². The number of aliphatic hydroxyl groups is 1. The second-order valence-corrected chi connectivity index (χ2v) is 4.70. The Labute approximate surface area is 101 Å². The highest BCUT2D eigenvalue weighted by Crippen LogP contribution is 2.39. The van der Waals surface area contributed by atoms with Crippen LogP contribution in [0.25, 0.3) is 0 Å². The Balaban J connectivity index is 2.33. The van der Waals surface area contributed by atoms with Crippen molar-refractivity contribution >= 4 is 0 Å². The smallest absolute Gasteiger partial charge is 0.127 e. The molecule has 17 heavy (non-hydrogen) atoms. The van der Waals surface area contributed by atoms with Crippen LogP contribution in [-0.4, -0.2) is 36.2 Å². The van der Waals surface area contributed by atoms with Gasteiger partial charge in [0.1, 0.15) is 5.82 Å². The molecule has 0 aromatic heterocycles. The maximum Gasteiger partial charge on any atom is 0.127 e. The van der Waals surface area contributed by atoms with Gasteiger partial charge in [0.2, 0.25) is 0 Å². The molecule has 0 saturated carbocycles. The Morgan fingerprint density at radius 2 is 2.18 bits per heavy atom. The van der Waals surface area contributed by atoms with E-state index in [2.05, 4.69) is 0 Å². The van der Waals surface area contributed by atoms with Gasteiger partial charge >= 0.3 is 0 Å². The van der Waals surface area contributed by atoms with Gasteiger partial charge < -0.3 is 10.8 Å². The summed E-state index contributed by atoms with van der Waals surface area (Å²) in [5, 5.41) is 9.31. The molecule has 0 aliphatic carbocycles. The van der Waals surface area contributed by atoms with Crippen LogP contribution in [0.5, 0.6) is 0 Å². The molecule has 1 aliphatic heterocycles. The summed E-state index contributed by atoms with van der Waals surface area (Å²) in [5.74, 6) is 0.00967. The fourth-order valence-electron chi connectivity index (χ4n) is 2.82. The Hall–Kier alpha value is -0.970. The number of likely N-dealkylation sites (N-methyl/N-ethyl adjacent to an activating group) is 1. The van der Waals surface area contributed by atoms with Crippen molar-refractivity contribution in [2.24, 2.45) is 11.7 Å². The fraction of sp³-hybridized carbons (Fsp3) is 0.538. The highest BCUT2D eigenvalue weighted by atomic mass is 19.1. The van der Waals surface area contributed by atoms with Crippen molar-refractivity contribution in [2.45, 2.75) is 18.5 Å². The zero-order valence-electron chi connectivity index (χ0n) is 10.0. The van der Waals surface area contributed by atoms with E-state index in [1.807, 2.05) is 18.0 Å². The van der Waals surface area contributed by atoms with Crippen LogP contribution >= 0.6 is 0 Å². The summed E-state index contributed by atoms with van der Waals surface area (Å²) in [4.78, 5) is 2.04. The Morgan fingerprint density at radius 3 is 2.76 bits per heavy atom. The summed E-state index contributed by atoms with van der Waals surface area (Å²) in [7, 11) is 1.92. The lowest BCUT2D eigenvalue weighted by molar-refractivity contribution is 0.151. The molecule has 1 saturated heterocycles. The molecule has 1 fully saturated rings. The molecule has 3 atom stereocenters. The Morgan fingerprint density at radius 1 is 1.47 bits per heavy atom. The van der Waals surface area contributed by atoms with Crippen molar-refractivity contribution in [3.05, 3.63) is 35.6 Å². The van der Waals surface area contributed by atoms with Crippen LogP contribution in [0.3, 0.4) is 0 Å². The number of halogens is 1. The highest BCUT2D eigenvalue weighted by Gasteiger charge is 2.39. The van der Waals surface area contributed by atoms with Gasteiger partial charge in [-0.3, -0.25) is 4.90 Å². The number of rotatable bonds is 3. The summed E-state index contributed by atoms with van der Waals surface area (Å²) in [6.07, 6.45) is 0.822. The highest BCUT2D eigenvalue weighted by molar-refractivity contribution is 5.23. The molecule has 3 nitrogen and oxygen atoms in total. The van der Waals surface area contributed by atoms with Crippen molar-refractivity contribution in [1.29, 1.82) is 0 Å². The molecule has 3 unspecified atom stereocenters. The fourth-order valence-corrected chi connectivity index (χ4v) is 2.82. The van der Waals surface area contributed by atoms with E-state index in [0.29, 0.717) is 12.1 Å². The van der Waals surface area contributed by atoms with E-state index >= 15 is 0 Å². The van der Waals surface area contributed by atoms with Gasteiger partial charge in [0.15, 0.2) is 0 Å². The SMILES string of the molecule is CN1C(CO)CC(CN)C1c1ccccc1F. The second-order valence-electron chi connectivity index (χ2n) is 4.70. The molecule has 4 heteroatoms. The third kappa shape index (κ3) is 2.20. The minimum atomic E-state index is -0.193. The predicted octanol–water partition coefficient (Wildman–Crippen LogP) is 1.14. The van der Waals surface area contributed by atoms with Gasteiger partial charge in [0, 0.05) is 17.6 Å². The van der Waals surface area contributed by atoms with E-state index < -0.39 is 0 Å². The summed E-state index contributed by atoms with van der Waals surface area (Å²) >= 11 is 0. The first-order valence-electron chi connectivity index (χ1n) is 5.96. The second kappa shape index (κ2) is 5.12. The van der Waals surface area contributed by atoms with E-state index in [1.165, 1.54) is 6.07 Å². The number of nitrogens with two attached hydrogens (primary N) is 1. The lowest BCUT2D eigenvalue weighted by atomic mass is 9.93. The molecule has 0 bridgehead atoms. The molecular formula is C13H19FN2O. The van der Waals surface area contributed by atoms with Crippen molar-refractivity contribution < 1.29 is 9.50 Å². The van der Waals surface area contributed by atoms with Crippen LogP contribution in [0.4, 0.5) is 4.39 Å². The first-order valence-corrected chi connectivity index (χ1v) is 5.96. The largest absolute Gasteiger partial charge is 0.395 e. The standard InChI is InChI=1S/C13H19FN2O/c1-16-10(8-17)6-9(7-15)13(16)11-4-2-3-5-12(11)14/h2-5,9-10,13,17H,6-8,15H2,1H3. The van der Waals surface area contributed by atoms with Gasteiger partial charge in [-0.25, -0.2) is 4.39 Å². The lowest BCUT2D eigenvalue weighted by Crippen LogP contribution is -2.31. The van der Waals surface area contributed by atoms with Gasteiger partial charge in [-0.2, -0.15) is 0 Å². The molecular weight excluding hydrogens is 219 g/mol. The quantitative estimate of drug-likeness (QED) is 0.830. The number of benzene rings is 1. The molecule has 1 aliphatic rings. The average molecular weight is 238 g/mol. The van der Waals surface area contributed by atoms with Crippen LogP contribution in [0, 0.1) is 11.7 Å². The number of hydrogen-bond acceptors (Lipinski definition) is 3. The summed E-state index contributed by atoms with van der Waals surface area (Å²) in [6, 6.07) is 6.86. The number of nitrogens with zero attached hydrogens (tertiary/aromatic N) is 1. The zero-order valence-corrected chi connectivity index (χ0v) is 10.0. The molecule has 3 N–H and O–H groups in total. The molecule has 2 rings (SSSR count). The number of likely N-dealkylation sites (tertiary alicyclic amines) is 1. The Kier molecular flexibility index (Phi) is 3.76. The van der Waals surface area contributed by atoms with Gasteiger partial charge in [0.25, 0.3) is 0 Å². The molecule has 1 aromatic carbocycles. The average Bonchev–Trinajstić information content (AvgIpc) is 2.66. The summed E-state index contributed by atoms with van der Waals surface area (Å²) < 4.78 is 13.8. The van der Waals surface area contributed by atoms with Crippen LogP contribution in [0.2, 0.25) is 0 Å². The van der Waals surface area contributed by atoms with E-state index in [9.17, 15) is 9.50 Å². The predicted molar refractivity (Wildman–Crippen MR) is 64.9 cm³/mol. The monoisotopic (exact) mass is 238 g/mol. The molecule has 1 aromatic rings. The van der Waals surface area contributed by atoms with Crippen molar-refractivity contribution in [2.75, 3.05) is 20.2 Å². The van der Waals surface area contributed by atoms with Crippen LogP contribution in [0.1, 0.15) is 18.0 Å². The first kappa shape index (κ1) is 12.5. The molecule has 0 radical (unpaired) electrons. The minimum Gasteiger partial charge on any atom is -0.395 e. The number of aliphatic hydroxyl groups excluding tert-OH is 1. The van der Waals surface area contributed by atoms with Crippen molar-refractivity contribution in [1.82, 2.24) is 4.90 Å². The molecule has 94 valence electrons. The van der Waals surface area contributed by atoms with Crippen LogP contribution in [-0.2, 0) is 0 Å². The Bertz CT molecular complexity index is 383. The van der Waals surface area contributed by atoms with E-state index in [-0.39, 0.29) is 30.4 Å². The third-order valence-corrected chi connectivity index (χ3v) is 3.77. The lowest BCUT2D eigenvalue weighted by Gasteiger charge is -2.27. The normalized spacial score (nSPS) is 29.8. The van der Waals surface area contributed by atoms with Crippen molar-refractivity contribution in [3.63, 3.8) is 0 Å². The maximum atomic E-state index is 13.8. The molecule has 1 heterocycles. The van der Waals surface area contributed by atoms with Crippen LogP contribution < -0.4 is 5.73 Å². The maximum absolute atomic E-state index is 13.8. The first-order chi connectivity index (χ1) is 8.19. The number of hydrogen-bond donors (Lipinski definition) is 2.